The lowest BCUT2D eigenvalue weighted by Gasteiger charge is -2.15. The van der Waals surface area contributed by atoms with Gasteiger partial charge in [0.1, 0.15) is 0 Å². The van der Waals surface area contributed by atoms with Crippen LogP contribution < -0.4 is 4.72 Å². The summed E-state index contributed by atoms with van der Waals surface area (Å²) < 4.78 is 64.7. The highest BCUT2D eigenvalue weighted by Gasteiger charge is 2.27. The van der Waals surface area contributed by atoms with E-state index in [0.717, 1.165) is 6.42 Å². The molecule has 4 nitrogen and oxygen atoms in total. The summed E-state index contributed by atoms with van der Waals surface area (Å²) in [5.74, 6) is -5.06. The van der Waals surface area contributed by atoms with Crippen LogP contribution in [0.5, 0.6) is 0 Å². The van der Waals surface area contributed by atoms with Gasteiger partial charge in [0.15, 0.2) is 17.5 Å². The van der Waals surface area contributed by atoms with Crippen LogP contribution in [0.2, 0.25) is 0 Å². The minimum Gasteiger partial charge on any atom is -0.393 e. The molecule has 8 heteroatoms. The van der Waals surface area contributed by atoms with Crippen LogP contribution in [0.15, 0.2) is 17.0 Å². The molecule has 0 heterocycles. The molecule has 1 saturated carbocycles. The molecule has 1 fully saturated rings. The average molecular weight is 309 g/mol. The Morgan fingerprint density at radius 1 is 1.20 bits per heavy atom. The van der Waals surface area contributed by atoms with E-state index in [2.05, 4.69) is 4.72 Å². The number of benzene rings is 1. The van der Waals surface area contributed by atoms with Crippen molar-refractivity contribution in [3.05, 3.63) is 29.6 Å². The van der Waals surface area contributed by atoms with Gasteiger partial charge < -0.3 is 5.11 Å². The molecule has 2 rings (SSSR count). The second-order valence-electron chi connectivity index (χ2n) is 4.81. The Morgan fingerprint density at radius 3 is 2.30 bits per heavy atom. The summed E-state index contributed by atoms with van der Waals surface area (Å²) in [6, 6.07) is 0.845. The molecule has 2 N–H and O–H groups in total. The first-order valence-electron chi connectivity index (χ1n) is 6.13. The summed E-state index contributed by atoms with van der Waals surface area (Å²) in [6.45, 7) is -0.0237. The maximum atomic E-state index is 13.0. The number of hydrogen-bond donors (Lipinski definition) is 2. The Hall–Kier alpha value is -1.12. The van der Waals surface area contributed by atoms with Gasteiger partial charge in [-0.05, 0) is 30.9 Å². The van der Waals surface area contributed by atoms with E-state index in [1.165, 1.54) is 0 Å². The largest absolute Gasteiger partial charge is 0.393 e. The van der Waals surface area contributed by atoms with Crippen LogP contribution in [0.3, 0.4) is 0 Å². The van der Waals surface area contributed by atoms with Gasteiger partial charge in [-0.15, -0.1) is 0 Å². The van der Waals surface area contributed by atoms with Gasteiger partial charge in [0, 0.05) is 6.54 Å². The summed E-state index contributed by atoms with van der Waals surface area (Å²) in [5.41, 5.74) is 0. The van der Waals surface area contributed by atoms with E-state index in [-0.39, 0.29) is 12.5 Å². The van der Waals surface area contributed by atoms with Crippen molar-refractivity contribution >= 4 is 10.0 Å². The fourth-order valence-electron chi connectivity index (χ4n) is 2.24. The molecule has 2 atom stereocenters. The van der Waals surface area contributed by atoms with Crippen molar-refractivity contribution in [3.8, 4) is 0 Å². The van der Waals surface area contributed by atoms with Gasteiger partial charge >= 0.3 is 0 Å². The summed E-state index contributed by atoms with van der Waals surface area (Å²) in [5, 5.41) is 9.58. The quantitative estimate of drug-likeness (QED) is 0.829. The predicted octanol–water partition coefficient (Wildman–Crippen LogP) is 1.54. The van der Waals surface area contributed by atoms with Crippen molar-refractivity contribution in [1.29, 1.82) is 0 Å². The van der Waals surface area contributed by atoms with Gasteiger partial charge in [0.05, 0.1) is 11.0 Å². The minimum absolute atomic E-state index is 0.0237. The molecular formula is C12H14F3NO3S. The summed E-state index contributed by atoms with van der Waals surface area (Å²) in [7, 11) is -4.14. The summed E-state index contributed by atoms with van der Waals surface area (Å²) >= 11 is 0. The molecule has 0 amide bonds. The maximum absolute atomic E-state index is 13.0. The highest BCUT2D eigenvalue weighted by atomic mass is 32.2. The Kier molecular flexibility index (Phi) is 4.36. The molecule has 112 valence electrons. The number of hydrogen-bond acceptors (Lipinski definition) is 3. The Balaban J connectivity index is 2.14. The fraction of sp³-hybridized carbons (Fsp3) is 0.500. The second-order valence-corrected chi connectivity index (χ2v) is 6.58. The topological polar surface area (TPSA) is 66.4 Å². The molecule has 0 radical (unpaired) electrons. The third kappa shape index (κ3) is 3.13. The summed E-state index contributed by atoms with van der Waals surface area (Å²) in [4.78, 5) is -0.679. The zero-order valence-corrected chi connectivity index (χ0v) is 11.3. The van der Waals surface area contributed by atoms with Crippen molar-refractivity contribution in [2.24, 2.45) is 5.92 Å². The van der Waals surface area contributed by atoms with Crippen LogP contribution in [0.25, 0.3) is 0 Å². The zero-order chi connectivity index (χ0) is 14.9. The first kappa shape index (κ1) is 15.3. The Labute approximate surface area is 114 Å². The highest BCUT2D eigenvalue weighted by molar-refractivity contribution is 7.89. The SMILES string of the molecule is O=S(=O)(NC[C@@H]1CCC[C@H]1O)c1cc(F)c(F)c(F)c1. The molecule has 1 aromatic carbocycles. The smallest absolute Gasteiger partial charge is 0.240 e. The first-order valence-corrected chi connectivity index (χ1v) is 7.62. The zero-order valence-electron chi connectivity index (χ0n) is 10.4. The van der Waals surface area contributed by atoms with E-state index in [4.69, 9.17) is 0 Å². The van der Waals surface area contributed by atoms with Crippen molar-refractivity contribution < 1.29 is 26.7 Å². The average Bonchev–Trinajstić information content (AvgIpc) is 2.78. The fourth-order valence-corrected chi connectivity index (χ4v) is 3.36. The summed E-state index contributed by atoms with van der Waals surface area (Å²) in [6.07, 6.45) is 1.49. The van der Waals surface area contributed by atoms with Crippen LogP contribution in [0.4, 0.5) is 13.2 Å². The molecule has 0 aromatic heterocycles. The molecule has 0 bridgehead atoms. The molecule has 0 spiro atoms. The molecular weight excluding hydrogens is 295 g/mol. The Morgan fingerprint density at radius 2 is 1.80 bits per heavy atom. The van der Waals surface area contributed by atoms with Crippen molar-refractivity contribution in [2.75, 3.05) is 6.54 Å². The van der Waals surface area contributed by atoms with E-state index in [0.29, 0.717) is 25.0 Å². The van der Waals surface area contributed by atoms with Crippen LogP contribution in [0, 0.1) is 23.4 Å². The van der Waals surface area contributed by atoms with Crippen LogP contribution in [0.1, 0.15) is 19.3 Å². The van der Waals surface area contributed by atoms with E-state index < -0.39 is 38.5 Å². The molecule has 0 saturated heterocycles. The monoisotopic (exact) mass is 309 g/mol. The van der Waals surface area contributed by atoms with Crippen LogP contribution >= 0.6 is 0 Å². The van der Waals surface area contributed by atoms with E-state index >= 15 is 0 Å². The molecule has 0 unspecified atom stereocenters. The number of aliphatic hydroxyl groups is 1. The first-order chi connectivity index (χ1) is 9.31. The van der Waals surface area contributed by atoms with Crippen molar-refractivity contribution in [3.63, 3.8) is 0 Å². The van der Waals surface area contributed by atoms with Crippen LogP contribution in [-0.2, 0) is 10.0 Å². The predicted molar refractivity (Wildman–Crippen MR) is 64.9 cm³/mol. The lowest BCUT2D eigenvalue weighted by molar-refractivity contribution is 0.134. The Bertz CT molecular complexity index is 583. The van der Waals surface area contributed by atoms with E-state index in [1.54, 1.807) is 0 Å². The third-order valence-electron chi connectivity index (χ3n) is 3.42. The number of nitrogens with one attached hydrogen (secondary N) is 1. The molecule has 1 aromatic rings. The standard InChI is InChI=1S/C12H14F3NO3S/c13-9-4-8(5-10(14)12(9)15)20(18,19)16-6-7-2-1-3-11(7)17/h4-5,7,11,16-17H,1-3,6H2/t7-,11+/m0/s1. The van der Waals surface area contributed by atoms with Crippen molar-refractivity contribution in [1.82, 2.24) is 4.72 Å². The van der Waals surface area contributed by atoms with Gasteiger partial charge in [-0.2, -0.15) is 0 Å². The lowest BCUT2D eigenvalue weighted by Crippen LogP contribution is -2.32. The number of rotatable bonds is 4. The molecule has 1 aliphatic rings. The molecule has 20 heavy (non-hydrogen) atoms. The van der Waals surface area contributed by atoms with Gasteiger partial charge in [0.25, 0.3) is 0 Å². The number of sulfonamides is 1. The van der Waals surface area contributed by atoms with Crippen LogP contribution in [-0.4, -0.2) is 26.2 Å². The molecule has 0 aliphatic heterocycles. The second kappa shape index (κ2) is 5.71. The lowest BCUT2D eigenvalue weighted by atomic mass is 10.1. The number of halogens is 3. The van der Waals surface area contributed by atoms with Gasteiger partial charge in [-0.1, -0.05) is 6.42 Å². The van der Waals surface area contributed by atoms with Gasteiger partial charge in [-0.25, -0.2) is 26.3 Å². The van der Waals surface area contributed by atoms with E-state index in [1.807, 2.05) is 0 Å². The maximum Gasteiger partial charge on any atom is 0.240 e. The highest BCUT2D eigenvalue weighted by Crippen LogP contribution is 2.25. The van der Waals surface area contributed by atoms with Crippen molar-refractivity contribution in [2.45, 2.75) is 30.3 Å². The van der Waals surface area contributed by atoms with Gasteiger partial charge in [0.2, 0.25) is 10.0 Å². The van der Waals surface area contributed by atoms with Gasteiger partial charge in [-0.3, -0.25) is 0 Å². The minimum atomic E-state index is -4.14. The number of aliphatic hydroxyl groups excluding tert-OH is 1. The molecule has 1 aliphatic carbocycles. The van der Waals surface area contributed by atoms with E-state index in [9.17, 15) is 26.7 Å². The normalized spacial score (nSPS) is 23.2. The third-order valence-corrected chi connectivity index (χ3v) is 4.83.